The Morgan fingerprint density at radius 3 is 2.35 bits per heavy atom. The Kier molecular flexibility index (Phi) is 3.60. The molecule has 0 saturated carbocycles. The fraction of sp³-hybridized carbons (Fsp3) is 0.105. The lowest BCUT2D eigenvalue weighted by atomic mass is 10.0. The van der Waals surface area contributed by atoms with E-state index in [2.05, 4.69) is 78.6 Å². The highest BCUT2D eigenvalue weighted by atomic mass is 14.7. The molecule has 0 radical (unpaired) electrons. The molecule has 1 aromatic heterocycles. The van der Waals surface area contributed by atoms with Crippen LogP contribution in [0.5, 0.6) is 0 Å². The summed E-state index contributed by atoms with van der Waals surface area (Å²) < 4.78 is 0. The average Bonchev–Trinajstić information content (AvgIpc) is 2.49. The molecule has 0 aliphatic carbocycles. The average molecular weight is 259 g/mol. The van der Waals surface area contributed by atoms with Gasteiger partial charge < -0.3 is 0 Å². The van der Waals surface area contributed by atoms with Crippen LogP contribution in [0.25, 0.3) is 11.3 Å². The van der Waals surface area contributed by atoms with Gasteiger partial charge in [0, 0.05) is 11.8 Å². The number of hydrogen-bond acceptors (Lipinski definition) is 1. The summed E-state index contributed by atoms with van der Waals surface area (Å²) in [7, 11) is 0. The number of pyridine rings is 1. The summed E-state index contributed by atoms with van der Waals surface area (Å²) in [5.41, 5.74) is 6.05. The van der Waals surface area contributed by atoms with Gasteiger partial charge in [0.05, 0.1) is 5.69 Å². The molecule has 98 valence electrons. The van der Waals surface area contributed by atoms with E-state index in [1.54, 1.807) is 0 Å². The van der Waals surface area contributed by atoms with Crippen LogP contribution in [0.4, 0.5) is 0 Å². The molecule has 0 fully saturated rings. The van der Waals surface area contributed by atoms with Crippen LogP contribution in [0.3, 0.4) is 0 Å². The number of hydrogen-bond donors (Lipinski definition) is 0. The van der Waals surface area contributed by atoms with Crippen molar-refractivity contribution in [3.63, 3.8) is 0 Å². The Morgan fingerprint density at radius 2 is 1.60 bits per heavy atom. The Hall–Kier alpha value is -2.41. The Labute approximate surface area is 119 Å². The van der Waals surface area contributed by atoms with Crippen molar-refractivity contribution in [1.82, 2.24) is 4.98 Å². The summed E-state index contributed by atoms with van der Waals surface area (Å²) >= 11 is 0. The third kappa shape index (κ3) is 2.94. The molecule has 1 nitrogen and oxygen atoms in total. The van der Waals surface area contributed by atoms with Crippen molar-refractivity contribution in [3.05, 3.63) is 89.6 Å². The first-order chi connectivity index (χ1) is 9.81. The molecule has 0 bridgehead atoms. The van der Waals surface area contributed by atoms with Gasteiger partial charge in [-0.2, -0.15) is 0 Å². The molecule has 0 amide bonds. The van der Waals surface area contributed by atoms with Crippen LogP contribution >= 0.6 is 0 Å². The van der Waals surface area contributed by atoms with Gasteiger partial charge in [-0.15, -0.1) is 0 Å². The lowest BCUT2D eigenvalue weighted by molar-refractivity contribution is 1.19. The van der Waals surface area contributed by atoms with Gasteiger partial charge >= 0.3 is 0 Å². The van der Waals surface area contributed by atoms with Crippen LogP contribution in [0, 0.1) is 6.92 Å². The first-order valence-electron chi connectivity index (χ1n) is 6.87. The number of rotatable bonds is 3. The number of aryl methyl sites for hydroxylation is 1. The zero-order chi connectivity index (χ0) is 13.8. The molecule has 0 unspecified atom stereocenters. The zero-order valence-electron chi connectivity index (χ0n) is 11.6. The molecule has 0 atom stereocenters. The van der Waals surface area contributed by atoms with Gasteiger partial charge in [-0.25, -0.2) is 0 Å². The van der Waals surface area contributed by atoms with E-state index in [1.807, 2.05) is 6.20 Å². The maximum Gasteiger partial charge on any atom is 0.0702 e. The third-order valence-electron chi connectivity index (χ3n) is 3.39. The molecule has 0 N–H and O–H groups in total. The summed E-state index contributed by atoms with van der Waals surface area (Å²) in [6, 6.07) is 23.4. The van der Waals surface area contributed by atoms with E-state index in [1.165, 1.54) is 22.3 Å². The van der Waals surface area contributed by atoms with E-state index < -0.39 is 0 Å². The maximum atomic E-state index is 4.50. The monoisotopic (exact) mass is 259 g/mol. The van der Waals surface area contributed by atoms with Gasteiger partial charge in [0.2, 0.25) is 0 Å². The minimum absolute atomic E-state index is 0.959. The molecule has 0 saturated heterocycles. The van der Waals surface area contributed by atoms with Crippen molar-refractivity contribution in [2.24, 2.45) is 0 Å². The molecule has 1 heterocycles. The molecule has 2 aromatic carbocycles. The molecule has 20 heavy (non-hydrogen) atoms. The summed E-state index contributed by atoms with van der Waals surface area (Å²) in [6.07, 6.45) is 2.87. The predicted molar refractivity (Wildman–Crippen MR) is 83.7 cm³/mol. The normalized spacial score (nSPS) is 10.4. The standard InChI is InChI=1S/C19H17N/c1-15-10-11-19(20-14-15)18-9-5-8-17(13-18)12-16-6-3-2-4-7-16/h2-11,13-14H,12H2,1H3. The predicted octanol–water partition coefficient (Wildman–Crippen LogP) is 4.65. The fourth-order valence-electron chi connectivity index (χ4n) is 2.31. The molecular formula is C19H17N. The van der Waals surface area contributed by atoms with Crippen LogP contribution in [0.2, 0.25) is 0 Å². The van der Waals surface area contributed by atoms with Gasteiger partial charge in [-0.3, -0.25) is 4.98 Å². The van der Waals surface area contributed by atoms with Gasteiger partial charge in [0.15, 0.2) is 0 Å². The van der Waals surface area contributed by atoms with E-state index in [-0.39, 0.29) is 0 Å². The molecule has 3 aromatic rings. The quantitative estimate of drug-likeness (QED) is 0.667. The van der Waals surface area contributed by atoms with E-state index in [0.717, 1.165) is 12.1 Å². The second-order valence-electron chi connectivity index (χ2n) is 5.08. The number of aromatic nitrogens is 1. The smallest absolute Gasteiger partial charge is 0.0702 e. The first kappa shape index (κ1) is 12.6. The first-order valence-corrected chi connectivity index (χ1v) is 6.87. The Morgan fingerprint density at radius 1 is 0.800 bits per heavy atom. The van der Waals surface area contributed by atoms with Crippen molar-refractivity contribution in [2.45, 2.75) is 13.3 Å². The minimum atomic E-state index is 0.959. The lowest BCUT2D eigenvalue weighted by Crippen LogP contribution is -1.90. The third-order valence-corrected chi connectivity index (χ3v) is 3.39. The second-order valence-corrected chi connectivity index (χ2v) is 5.08. The fourth-order valence-corrected chi connectivity index (χ4v) is 2.31. The van der Waals surface area contributed by atoms with Crippen LogP contribution in [0.1, 0.15) is 16.7 Å². The van der Waals surface area contributed by atoms with Crippen molar-refractivity contribution in [1.29, 1.82) is 0 Å². The molecular weight excluding hydrogens is 242 g/mol. The van der Waals surface area contributed by atoms with E-state index >= 15 is 0 Å². The molecule has 0 spiro atoms. The van der Waals surface area contributed by atoms with Crippen LogP contribution < -0.4 is 0 Å². The Balaban J connectivity index is 1.88. The minimum Gasteiger partial charge on any atom is -0.256 e. The zero-order valence-corrected chi connectivity index (χ0v) is 11.6. The topological polar surface area (TPSA) is 12.9 Å². The van der Waals surface area contributed by atoms with E-state index in [0.29, 0.717) is 0 Å². The SMILES string of the molecule is Cc1ccc(-c2cccc(Cc3ccccc3)c2)nc1. The maximum absolute atomic E-state index is 4.50. The highest BCUT2D eigenvalue weighted by Gasteiger charge is 2.01. The Bertz CT molecular complexity index is 684. The summed E-state index contributed by atoms with van der Waals surface area (Å²) in [5.74, 6) is 0. The van der Waals surface area contributed by atoms with E-state index in [4.69, 9.17) is 0 Å². The van der Waals surface area contributed by atoms with Crippen LogP contribution in [0.15, 0.2) is 72.9 Å². The van der Waals surface area contributed by atoms with Crippen molar-refractivity contribution in [2.75, 3.05) is 0 Å². The summed E-state index contributed by atoms with van der Waals surface area (Å²) in [6.45, 7) is 2.06. The van der Waals surface area contributed by atoms with Gasteiger partial charge in [0.1, 0.15) is 0 Å². The summed E-state index contributed by atoms with van der Waals surface area (Å²) in [4.78, 5) is 4.50. The second kappa shape index (κ2) is 5.70. The number of nitrogens with zero attached hydrogens (tertiary/aromatic N) is 1. The van der Waals surface area contributed by atoms with Crippen LogP contribution in [-0.2, 0) is 6.42 Å². The molecule has 0 aliphatic heterocycles. The van der Waals surface area contributed by atoms with Gasteiger partial charge in [-0.05, 0) is 42.2 Å². The van der Waals surface area contributed by atoms with Crippen molar-refractivity contribution >= 4 is 0 Å². The molecule has 3 rings (SSSR count). The summed E-state index contributed by atoms with van der Waals surface area (Å²) in [5, 5.41) is 0. The van der Waals surface area contributed by atoms with Crippen molar-refractivity contribution < 1.29 is 0 Å². The van der Waals surface area contributed by atoms with Crippen molar-refractivity contribution in [3.8, 4) is 11.3 Å². The largest absolute Gasteiger partial charge is 0.256 e. The molecule has 1 heteroatoms. The number of benzene rings is 2. The highest BCUT2D eigenvalue weighted by Crippen LogP contribution is 2.20. The van der Waals surface area contributed by atoms with Gasteiger partial charge in [-0.1, -0.05) is 54.6 Å². The molecule has 0 aliphatic rings. The van der Waals surface area contributed by atoms with E-state index in [9.17, 15) is 0 Å². The highest BCUT2D eigenvalue weighted by molar-refractivity contribution is 5.60. The van der Waals surface area contributed by atoms with Crippen LogP contribution in [-0.4, -0.2) is 4.98 Å². The lowest BCUT2D eigenvalue weighted by Gasteiger charge is -2.06. The van der Waals surface area contributed by atoms with Gasteiger partial charge in [0.25, 0.3) is 0 Å².